The highest BCUT2D eigenvalue weighted by molar-refractivity contribution is 5.85. The Morgan fingerprint density at radius 2 is 2.21 bits per heavy atom. The summed E-state index contributed by atoms with van der Waals surface area (Å²) in [4.78, 5) is 13.6. The van der Waals surface area contributed by atoms with Crippen LogP contribution in [0.15, 0.2) is 0 Å². The third-order valence-corrected chi connectivity index (χ3v) is 3.07. The summed E-state index contributed by atoms with van der Waals surface area (Å²) in [7, 11) is 0. The molecule has 2 fully saturated rings. The van der Waals surface area contributed by atoms with Gasteiger partial charge < -0.3 is 5.32 Å². The summed E-state index contributed by atoms with van der Waals surface area (Å²) in [6.07, 6.45) is 4.39. The SMILES string of the molecule is Cl.O=C1CCCN(C2CCCNC2)C1. The van der Waals surface area contributed by atoms with Crippen LogP contribution >= 0.6 is 12.4 Å². The number of nitrogens with one attached hydrogen (secondary N) is 1. The highest BCUT2D eigenvalue weighted by Gasteiger charge is 2.25. The summed E-state index contributed by atoms with van der Waals surface area (Å²) in [6, 6.07) is 0.623. The van der Waals surface area contributed by atoms with E-state index in [4.69, 9.17) is 0 Å². The molecular formula is C10H19ClN2O. The number of halogens is 1. The van der Waals surface area contributed by atoms with Gasteiger partial charge in [-0.2, -0.15) is 0 Å². The van der Waals surface area contributed by atoms with E-state index in [1.165, 1.54) is 12.8 Å². The van der Waals surface area contributed by atoms with Crippen molar-refractivity contribution in [2.24, 2.45) is 0 Å². The summed E-state index contributed by atoms with van der Waals surface area (Å²) >= 11 is 0. The minimum atomic E-state index is 0. The van der Waals surface area contributed by atoms with E-state index in [2.05, 4.69) is 10.2 Å². The van der Waals surface area contributed by atoms with Crippen LogP contribution in [0.4, 0.5) is 0 Å². The summed E-state index contributed by atoms with van der Waals surface area (Å²) in [5, 5.41) is 3.39. The molecule has 0 aliphatic carbocycles. The second-order valence-corrected chi connectivity index (χ2v) is 4.11. The summed E-state index contributed by atoms with van der Waals surface area (Å²) < 4.78 is 0. The maximum absolute atomic E-state index is 11.3. The number of rotatable bonds is 1. The molecule has 2 aliphatic heterocycles. The topological polar surface area (TPSA) is 32.3 Å². The van der Waals surface area contributed by atoms with Gasteiger partial charge in [-0.25, -0.2) is 0 Å². The fraction of sp³-hybridized carbons (Fsp3) is 0.900. The average Bonchev–Trinajstić information content (AvgIpc) is 2.19. The van der Waals surface area contributed by atoms with Crippen molar-refractivity contribution in [3.05, 3.63) is 0 Å². The van der Waals surface area contributed by atoms with E-state index < -0.39 is 0 Å². The van der Waals surface area contributed by atoms with Gasteiger partial charge in [-0.3, -0.25) is 9.69 Å². The van der Waals surface area contributed by atoms with Crippen molar-refractivity contribution in [1.82, 2.24) is 10.2 Å². The zero-order chi connectivity index (χ0) is 9.10. The lowest BCUT2D eigenvalue weighted by molar-refractivity contribution is -0.123. The lowest BCUT2D eigenvalue weighted by atomic mass is 10.0. The van der Waals surface area contributed by atoms with Crippen LogP contribution in [0.3, 0.4) is 0 Å². The number of Topliss-reactive ketones (excluding diaryl/α,β-unsaturated/α-hetero) is 1. The molecule has 0 spiro atoms. The fourth-order valence-corrected chi connectivity index (χ4v) is 2.32. The molecule has 0 radical (unpaired) electrons. The molecule has 1 atom stereocenters. The number of nitrogens with zero attached hydrogens (tertiary/aromatic N) is 1. The Balaban J connectivity index is 0.000000980. The minimum Gasteiger partial charge on any atom is -0.315 e. The van der Waals surface area contributed by atoms with Crippen LogP contribution in [0.2, 0.25) is 0 Å². The van der Waals surface area contributed by atoms with Gasteiger partial charge in [0.05, 0.1) is 6.54 Å². The molecule has 82 valence electrons. The molecule has 0 bridgehead atoms. The standard InChI is InChI=1S/C10H18N2O.ClH/c13-10-4-2-6-12(8-10)9-3-1-5-11-7-9;/h9,11H,1-8H2;1H. The normalized spacial score (nSPS) is 29.7. The highest BCUT2D eigenvalue weighted by Crippen LogP contribution is 2.14. The van der Waals surface area contributed by atoms with E-state index in [-0.39, 0.29) is 12.4 Å². The Morgan fingerprint density at radius 1 is 1.36 bits per heavy atom. The number of hydrogen-bond acceptors (Lipinski definition) is 3. The Kier molecular flexibility index (Phi) is 4.85. The van der Waals surface area contributed by atoms with Crippen molar-refractivity contribution >= 4 is 18.2 Å². The van der Waals surface area contributed by atoms with Gasteiger partial charge in [0.1, 0.15) is 5.78 Å². The van der Waals surface area contributed by atoms with Crippen molar-refractivity contribution in [2.45, 2.75) is 31.7 Å². The first-order valence-electron chi connectivity index (χ1n) is 5.33. The van der Waals surface area contributed by atoms with Crippen LogP contribution in [0.25, 0.3) is 0 Å². The smallest absolute Gasteiger partial charge is 0.146 e. The Hall–Kier alpha value is -0.120. The summed E-state index contributed by atoms with van der Waals surface area (Å²) in [5.41, 5.74) is 0. The molecule has 0 aromatic carbocycles. The van der Waals surface area contributed by atoms with Gasteiger partial charge in [0.25, 0.3) is 0 Å². The second-order valence-electron chi connectivity index (χ2n) is 4.11. The van der Waals surface area contributed by atoms with Crippen LogP contribution in [-0.2, 0) is 4.79 Å². The molecule has 1 N–H and O–H groups in total. The van der Waals surface area contributed by atoms with Crippen molar-refractivity contribution in [1.29, 1.82) is 0 Å². The van der Waals surface area contributed by atoms with Gasteiger partial charge in [0.15, 0.2) is 0 Å². The molecule has 0 aromatic heterocycles. The number of ketones is 1. The predicted octanol–water partition coefficient (Wildman–Crippen LogP) is 0.825. The van der Waals surface area contributed by atoms with E-state index in [9.17, 15) is 4.79 Å². The monoisotopic (exact) mass is 218 g/mol. The van der Waals surface area contributed by atoms with Gasteiger partial charge in [-0.1, -0.05) is 0 Å². The molecule has 2 rings (SSSR count). The minimum absolute atomic E-state index is 0. The van der Waals surface area contributed by atoms with Crippen molar-refractivity contribution in [3.63, 3.8) is 0 Å². The maximum Gasteiger partial charge on any atom is 0.146 e. The highest BCUT2D eigenvalue weighted by atomic mass is 35.5. The van der Waals surface area contributed by atoms with E-state index in [0.29, 0.717) is 18.4 Å². The van der Waals surface area contributed by atoms with Gasteiger partial charge in [0, 0.05) is 19.0 Å². The molecule has 3 nitrogen and oxygen atoms in total. The molecule has 2 heterocycles. The first-order chi connectivity index (χ1) is 6.36. The van der Waals surface area contributed by atoms with Gasteiger partial charge in [-0.05, 0) is 32.4 Å². The molecule has 2 saturated heterocycles. The molecular weight excluding hydrogens is 200 g/mol. The number of carbonyl (C=O) groups is 1. The summed E-state index contributed by atoms with van der Waals surface area (Å²) in [6.45, 7) is 4.05. The molecule has 4 heteroatoms. The largest absolute Gasteiger partial charge is 0.315 e. The van der Waals surface area contributed by atoms with E-state index in [1.807, 2.05) is 0 Å². The van der Waals surface area contributed by atoms with Crippen molar-refractivity contribution < 1.29 is 4.79 Å². The van der Waals surface area contributed by atoms with Crippen LogP contribution in [0.1, 0.15) is 25.7 Å². The van der Waals surface area contributed by atoms with Crippen LogP contribution in [0.5, 0.6) is 0 Å². The number of hydrogen-bond donors (Lipinski definition) is 1. The van der Waals surface area contributed by atoms with Gasteiger partial charge >= 0.3 is 0 Å². The first kappa shape index (κ1) is 12.0. The Labute approximate surface area is 91.6 Å². The quantitative estimate of drug-likeness (QED) is 0.708. The van der Waals surface area contributed by atoms with Crippen LogP contribution in [0, 0.1) is 0 Å². The van der Waals surface area contributed by atoms with Crippen molar-refractivity contribution in [2.75, 3.05) is 26.2 Å². The average molecular weight is 219 g/mol. The second kappa shape index (κ2) is 5.69. The number of piperidine rings is 2. The van der Waals surface area contributed by atoms with Crippen LogP contribution in [-0.4, -0.2) is 42.9 Å². The maximum atomic E-state index is 11.3. The molecule has 14 heavy (non-hydrogen) atoms. The van der Waals surface area contributed by atoms with E-state index >= 15 is 0 Å². The Morgan fingerprint density at radius 3 is 2.86 bits per heavy atom. The lowest BCUT2D eigenvalue weighted by Crippen LogP contribution is -2.49. The molecule has 0 amide bonds. The molecule has 1 unspecified atom stereocenters. The van der Waals surface area contributed by atoms with Crippen LogP contribution < -0.4 is 5.32 Å². The van der Waals surface area contributed by atoms with E-state index in [1.54, 1.807) is 0 Å². The lowest BCUT2D eigenvalue weighted by Gasteiger charge is -2.36. The predicted molar refractivity (Wildman–Crippen MR) is 59.0 cm³/mol. The fourth-order valence-electron chi connectivity index (χ4n) is 2.32. The summed E-state index contributed by atoms with van der Waals surface area (Å²) in [5.74, 6) is 0.428. The van der Waals surface area contributed by atoms with E-state index in [0.717, 1.165) is 32.5 Å². The molecule has 2 aliphatic rings. The molecule has 0 aromatic rings. The number of carbonyl (C=O) groups excluding carboxylic acids is 1. The third-order valence-electron chi connectivity index (χ3n) is 3.07. The zero-order valence-electron chi connectivity index (χ0n) is 8.50. The molecule has 0 saturated carbocycles. The van der Waals surface area contributed by atoms with Crippen molar-refractivity contribution in [3.8, 4) is 0 Å². The number of likely N-dealkylation sites (tertiary alicyclic amines) is 1. The van der Waals surface area contributed by atoms with Gasteiger partial charge in [0.2, 0.25) is 0 Å². The first-order valence-corrected chi connectivity index (χ1v) is 5.33. The zero-order valence-corrected chi connectivity index (χ0v) is 9.31. The Bertz CT molecular complexity index is 193. The van der Waals surface area contributed by atoms with Gasteiger partial charge in [-0.15, -0.1) is 12.4 Å². The third kappa shape index (κ3) is 2.94.